The van der Waals surface area contributed by atoms with Gasteiger partial charge in [-0.15, -0.1) is 11.3 Å². The number of hydrogen-bond donors (Lipinski definition) is 2. The lowest BCUT2D eigenvalue weighted by molar-refractivity contribution is 0.103. The first kappa shape index (κ1) is 20.4. The smallest absolute Gasteiger partial charge is 0.335 e. The van der Waals surface area contributed by atoms with Crippen molar-refractivity contribution < 1.29 is 22.7 Å². The van der Waals surface area contributed by atoms with Gasteiger partial charge in [0.25, 0.3) is 10.0 Å². The number of nitrogens with zero attached hydrogens (tertiary/aromatic N) is 3. The molecule has 0 spiro atoms. The lowest BCUT2D eigenvalue weighted by Gasteiger charge is -2.11. The number of hydrogen-bond acceptors (Lipinski definition) is 9. The second-order valence-electron chi connectivity index (χ2n) is 5.56. The first-order valence-corrected chi connectivity index (χ1v) is 10.4. The van der Waals surface area contributed by atoms with E-state index in [2.05, 4.69) is 20.3 Å². The molecule has 10 nitrogen and oxygen atoms in total. The molecule has 0 saturated carbocycles. The molecule has 0 unspecified atom stereocenters. The molecular formula is C17H15N5O5S2. The zero-order valence-electron chi connectivity index (χ0n) is 15.2. The Morgan fingerprint density at radius 3 is 2.52 bits per heavy atom. The minimum atomic E-state index is -4.35. The van der Waals surface area contributed by atoms with Crippen molar-refractivity contribution >= 4 is 39.1 Å². The fraction of sp³-hybridized carbons (Fsp3) is 0.118. The second-order valence-corrected chi connectivity index (χ2v) is 8.15. The van der Waals surface area contributed by atoms with Crippen LogP contribution in [0.25, 0.3) is 0 Å². The molecule has 12 heteroatoms. The Balaban J connectivity index is 1.84. The molecule has 2 heterocycles. The normalized spacial score (nSPS) is 11.0. The van der Waals surface area contributed by atoms with Crippen LogP contribution in [0.2, 0.25) is 0 Å². The van der Waals surface area contributed by atoms with E-state index in [9.17, 15) is 18.0 Å². The van der Waals surface area contributed by atoms with Crippen molar-refractivity contribution in [1.29, 1.82) is 0 Å². The summed E-state index contributed by atoms with van der Waals surface area (Å²) in [4.78, 5) is 36.5. The van der Waals surface area contributed by atoms with Gasteiger partial charge >= 0.3 is 12.0 Å². The number of aryl methyl sites for hydroxylation is 1. The molecule has 2 N–H and O–H groups in total. The molecule has 0 aliphatic carbocycles. The number of anilines is 1. The van der Waals surface area contributed by atoms with Crippen LogP contribution < -0.4 is 14.8 Å². The summed E-state index contributed by atoms with van der Waals surface area (Å²) in [5, 5.41) is 3.91. The van der Waals surface area contributed by atoms with Crippen LogP contribution in [0.3, 0.4) is 0 Å². The minimum absolute atomic E-state index is 0.0393. The van der Waals surface area contributed by atoms with Gasteiger partial charge in [-0.25, -0.2) is 17.9 Å². The van der Waals surface area contributed by atoms with E-state index in [1.807, 2.05) is 4.72 Å². The number of ether oxygens (including phenoxy) is 1. The Labute approximate surface area is 170 Å². The number of sulfonamides is 1. The molecule has 29 heavy (non-hydrogen) atoms. The van der Waals surface area contributed by atoms with Crippen molar-refractivity contribution in [3.8, 4) is 6.01 Å². The Morgan fingerprint density at radius 2 is 1.83 bits per heavy atom. The Morgan fingerprint density at radius 1 is 1.07 bits per heavy atom. The Kier molecular flexibility index (Phi) is 5.84. The maximum absolute atomic E-state index is 12.7. The van der Waals surface area contributed by atoms with Gasteiger partial charge in [0.05, 0.1) is 16.9 Å². The number of urea groups is 1. The summed E-state index contributed by atoms with van der Waals surface area (Å²) >= 11 is 1.19. The second kappa shape index (κ2) is 8.32. The maximum atomic E-state index is 12.7. The quantitative estimate of drug-likeness (QED) is 0.563. The Bertz CT molecular complexity index is 1160. The molecule has 2 amide bonds. The highest BCUT2D eigenvalue weighted by Crippen LogP contribution is 2.21. The van der Waals surface area contributed by atoms with Crippen LogP contribution >= 0.6 is 11.3 Å². The van der Waals surface area contributed by atoms with Gasteiger partial charge in [-0.3, -0.25) is 10.1 Å². The van der Waals surface area contributed by atoms with Gasteiger partial charge in [0.1, 0.15) is 5.82 Å². The maximum Gasteiger partial charge on any atom is 0.335 e. The van der Waals surface area contributed by atoms with Crippen molar-refractivity contribution in [3.63, 3.8) is 0 Å². The molecule has 3 aromatic rings. The van der Waals surface area contributed by atoms with E-state index < -0.39 is 21.8 Å². The van der Waals surface area contributed by atoms with Gasteiger partial charge < -0.3 is 4.74 Å². The molecule has 150 valence electrons. The fourth-order valence-corrected chi connectivity index (χ4v) is 4.13. The topological polar surface area (TPSA) is 140 Å². The molecule has 0 fully saturated rings. The molecule has 1 aromatic carbocycles. The van der Waals surface area contributed by atoms with Crippen LogP contribution in [-0.4, -0.2) is 42.3 Å². The lowest BCUT2D eigenvalue weighted by Crippen LogP contribution is -2.35. The number of carbonyl (C=O) groups excluding carboxylic acids is 2. The first-order valence-electron chi connectivity index (χ1n) is 8.08. The third-order valence-corrected chi connectivity index (χ3v) is 5.79. The molecule has 0 bridgehead atoms. The number of carbonyl (C=O) groups is 2. The van der Waals surface area contributed by atoms with Crippen molar-refractivity contribution in [2.75, 3.05) is 12.4 Å². The summed E-state index contributed by atoms with van der Waals surface area (Å²) < 4.78 is 32.2. The third kappa shape index (κ3) is 4.73. The van der Waals surface area contributed by atoms with Gasteiger partial charge in [0.15, 0.2) is 0 Å². The van der Waals surface area contributed by atoms with Gasteiger partial charge in [0, 0.05) is 5.56 Å². The Hall–Kier alpha value is -3.38. The van der Waals surface area contributed by atoms with E-state index in [4.69, 9.17) is 4.74 Å². The number of thiophene rings is 1. The first-order chi connectivity index (χ1) is 13.8. The number of benzene rings is 1. The summed E-state index contributed by atoms with van der Waals surface area (Å²) in [5.74, 6) is -0.383. The summed E-state index contributed by atoms with van der Waals surface area (Å²) in [6.45, 7) is 1.55. The van der Waals surface area contributed by atoms with E-state index in [-0.39, 0.29) is 28.2 Å². The average molecular weight is 433 g/mol. The predicted molar refractivity (Wildman–Crippen MR) is 105 cm³/mol. The van der Waals surface area contributed by atoms with Crippen molar-refractivity contribution in [2.45, 2.75) is 11.8 Å². The fourth-order valence-electron chi connectivity index (χ4n) is 2.34. The van der Waals surface area contributed by atoms with Crippen molar-refractivity contribution in [2.24, 2.45) is 0 Å². The van der Waals surface area contributed by atoms with E-state index >= 15 is 0 Å². The third-order valence-electron chi connectivity index (χ3n) is 3.53. The molecule has 0 aliphatic heterocycles. The molecule has 3 rings (SSSR count). The van der Waals surface area contributed by atoms with E-state index in [0.29, 0.717) is 4.88 Å². The highest BCUT2D eigenvalue weighted by atomic mass is 32.2. The summed E-state index contributed by atoms with van der Waals surface area (Å²) in [7, 11) is -3.01. The SMILES string of the molecule is COc1nc(C)nc(NC(=O)NS(=O)(=O)c2ccccc2C(=O)c2cccs2)n1. The average Bonchev–Trinajstić information content (AvgIpc) is 3.21. The van der Waals surface area contributed by atoms with Crippen LogP contribution in [0, 0.1) is 6.92 Å². The number of amides is 2. The zero-order chi connectivity index (χ0) is 21.0. The van der Waals surface area contributed by atoms with E-state index in [1.165, 1.54) is 36.6 Å². The van der Waals surface area contributed by atoms with E-state index in [1.54, 1.807) is 30.5 Å². The largest absolute Gasteiger partial charge is 0.467 e. The highest BCUT2D eigenvalue weighted by molar-refractivity contribution is 7.90. The predicted octanol–water partition coefficient (Wildman–Crippen LogP) is 1.99. The number of aromatic nitrogens is 3. The van der Waals surface area contributed by atoms with Crippen LogP contribution in [0.15, 0.2) is 46.7 Å². The molecule has 0 radical (unpaired) electrons. The van der Waals surface area contributed by atoms with Crippen LogP contribution in [0.4, 0.5) is 10.7 Å². The van der Waals surface area contributed by atoms with Crippen molar-refractivity contribution in [1.82, 2.24) is 19.7 Å². The molecule has 0 aliphatic rings. The molecular weight excluding hydrogens is 418 g/mol. The summed E-state index contributed by atoms with van der Waals surface area (Å²) in [6.07, 6.45) is 0. The molecule has 0 saturated heterocycles. The van der Waals surface area contributed by atoms with Crippen molar-refractivity contribution in [3.05, 3.63) is 58.0 Å². The zero-order valence-corrected chi connectivity index (χ0v) is 16.9. The van der Waals surface area contributed by atoms with E-state index in [0.717, 1.165) is 0 Å². The van der Waals surface area contributed by atoms with Gasteiger partial charge in [-0.2, -0.15) is 15.0 Å². The number of methoxy groups -OCH3 is 1. The summed E-state index contributed by atoms with van der Waals surface area (Å²) in [5.41, 5.74) is -0.0482. The van der Waals surface area contributed by atoms with Gasteiger partial charge in [0.2, 0.25) is 11.7 Å². The van der Waals surface area contributed by atoms with Crippen LogP contribution in [-0.2, 0) is 10.0 Å². The lowest BCUT2D eigenvalue weighted by atomic mass is 10.1. The number of ketones is 1. The van der Waals surface area contributed by atoms with Crippen LogP contribution in [0.1, 0.15) is 21.1 Å². The monoisotopic (exact) mass is 433 g/mol. The molecule has 0 atom stereocenters. The highest BCUT2D eigenvalue weighted by Gasteiger charge is 2.25. The molecule has 2 aromatic heterocycles. The standard InChI is InChI=1S/C17H15N5O5S2/c1-10-18-15(21-17(19-10)27-2)20-16(24)22-29(25,26)13-8-4-3-6-11(13)14(23)12-7-5-9-28-12/h3-9H,1-2H3,(H2,18,19,20,21,22,24). The number of nitrogens with one attached hydrogen (secondary N) is 2. The minimum Gasteiger partial charge on any atom is -0.467 e. The summed E-state index contributed by atoms with van der Waals surface area (Å²) in [6, 6.07) is 7.76. The number of rotatable bonds is 6. The van der Waals surface area contributed by atoms with Gasteiger partial charge in [-0.1, -0.05) is 18.2 Å². The van der Waals surface area contributed by atoms with Crippen LogP contribution in [0.5, 0.6) is 6.01 Å². The van der Waals surface area contributed by atoms with Gasteiger partial charge in [-0.05, 0) is 30.5 Å².